The fraction of sp³-hybridized carbons (Fsp3) is 0.0357. The van der Waals surface area contributed by atoms with Gasteiger partial charge in [-0.3, -0.25) is 0 Å². The minimum absolute atomic E-state index is 0.893. The zero-order chi connectivity index (χ0) is 38.4. The smallest absolute Gasteiger partial charge is 0.143 e. The van der Waals surface area contributed by atoms with Crippen molar-refractivity contribution in [3.8, 4) is 44.5 Å². The van der Waals surface area contributed by atoms with Gasteiger partial charge in [-0.25, -0.2) is 0 Å². The summed E-state index contributed by atoms with van der Waals surface area (Å²) in [5.41, 5.74) is 17.2. The van der Waals surface area contributed by atoms with Crippen LogP contribution in [0.3, 0.4) is 0 Å². The third-order valence-electron chi connectivity index (χ3n) is 11.7. The molecule has 9 aromatic carbocycles. The molecule has 0 aliphatic heterocycles. The van der Waals surface area contributed by atoms with Gasteiger partial charge in [-0.1, -0.05) is 170 Å². The van der Waals surface area contributed by atoms with Gasteiger partial charge in [0, 0.05) is 33.3 Å². The van der Waals surface area contributed by atoms with Crippen LogP contribution in [0.4, 0.5) is 17.1 Å². The quantitative estimate of drug-likeness (QED) is 0.162. The monoisotopic (exact) mass is 741 g/mol. The lowest BCUT2D eigenvalue weighted by molar-refractivity contribution is 0.670. The number of para-hydroxylation sites is 2. The zero-order valence-electron chi connectivity index (χ0n) is 32.0. The molecule has 274 valence electrons. The van der Waals surface area contributed by atoms with Crippen molar-refractivity contribution in [3.63, 3.8) is 0 Å². The molecule has 0 fully saturated rings. The first-order valence-electron chi connectivity index (χ1n) is 20.1. The lowest BCUT2D eigenvalue weighted by Gasteiger charge is -2.28. The maximum Gasteiger partial charge on any atom is 0.143 e. The van der Waals surface area contributed by atoms with Crippen LogP contribution in [0.2, 0.25) is 0 Å². The van der Waals surface area contributed by atoms with Crippen LogP contribution in [-0.4, -0.2) is 0 Å². The normalized spacial score (nSPS) is 12.3. The standard InChI is InChI=1S/C56H39NO/c1-2-13-38(14-3-1)43-19-10-20-47(35-43)57(46-33-31-40(32-34-46)39-27-29-42(30-28-39)49-23-11-18-41-15-6-7-21-48(41)49)54-26-9-8-22-50(54)51-24-12-25-52-53-36-44-16-4-5-17-45(44)37-55(53)58-56(51)52/h1-5,7-14,16-37H,6,15H2. The Bertz CT molecular complexity index is 3150. The molecule has 0 N–H and O–H groups in total. The fourth-order valence-electron chi connectivity index (χ4n) is 8.84. The van der Waals surface area contributed by atoms with Crippen LogP contribution in [0.5, 0.6) is 0 Å². The van der Waals surface area contributed by atoms with E-state index in [2.05, 4.69) is 217 Å². The molecule has 2 nitrogen and oxygen atoms in total. The van der Waals surface area contributed by atoms with E-state index in [1.54, 1.807) is 0 Å². The van der Waals surface area contributed by atoms with E-state index in [1.807, 2.05) is 0 Å². The molecular formula is C56H39NO. The molecule has 0 atom stereocenters. The van der Waals surface area contributed by atoms with Crippen molar-refractivity contribution in [2.45, 2.75) is 12.8 Å². The molecule has 10 aromatic rings. The van der Waals surface area contributed by atoms with Crippen LogP contribution in [0.1, 0.15) is 17.5 Å². The molecule has 1 aliphatic carbocycles. The van der Waals surface area contributed by atoms with Crippen LogP contribution < -0.4 is 4.90 Å². The zero-order valence-corrected chi connectivity index (χ0v) is 32.0. The number of benzene rings is 9. The first kappa shape index (κ1) is 33.9. The Morgan fingerprint density at radius 2 is 1.05 bits per heavy atom. The first-order chi connectivity index (χ1) is 28.7. The SMILES string of the molecule is C1=Cc2c(cccc2-c2ccc(-c3ccc(N(c4cccc(-c5ccccc5)c4)c4ccccc4-c4cccc5c4oc4cc6ccccc6cc45)cc3)cc2)CC1. The first-order valence-corrected chi connectivity index (χ1v) is 20.1. The molecular weight excluding hydrogens is 703 g/mol. The summed E-state index contributed by atoms with van der Waals surface area (Å²) >= 11 is 0. The molecule has 1 heterocycles. The van der Waals surface area contributed by atoms with E-state index in [4.69, 9.17) is 4.42 Å². The van der Waals surface area contributed by atoms with Crippen molar-refractivity contribution in [3.05, 3.63) is 217 Å². The molecule has 58 heavy (non-hydrogen) atoms. The van der Waals surface area contributed by atoms with E-state index in [0.29, 0.717) is 0 Å². The van der Waals surface area contributed by atoms with Gasteiger partial charge in [-0.15, -0.1) is 0 Å². The van der Waals surface area contributed by atoms with Crippen molar-refractivity contribution in [1.82, 2.24) is 0 Å². The van der Waals surface area contributed by atoms with E-state index in [0.717, 1.165) is 63.0 Å². The van der Waals surface area contributed by atoms with Gasteiger partial charge in [0.05, 0.1) is 5.69 Å². The van der Waals surface area contributed by atoms with Gasteiger partial charge in [-0.05, 0) is 111 Å². The van der Waals surface area contributed by atoms with E-state index in [1.165, 1.54) is 55.3 Å². The van der Waals surface area contributed by atoms with Crippen LogP contribution in [-0.2, 0) is 6.42 Å². The molecule has 0 saturated heterocycles. The Labute approximate surface area is 338 Å². The van der Waals surface area contributed by atoms with Crippen LogP contribution >= 0.6 is 0 Å². The second-order valence-corrected chi connectivity index (χ2v) is 15.2. The van der Waals surface area contributed by atoms with E-state index >= 15 is 0 Å². The minimum atomic E-state index is 0.893. The summed E-state index contributed by atoms with van der Waals surface area (Å²) in [5, 5.41) is 4.63. The number of hydrogen-bond donors (Lipinski definition) is 0. The highest BCUT2D eigenvalue weighted by Crippen LogP contribution is 2.45. The highest BCUT2D eigenvalue weighted by Gasteiger charge is 2.21. The summed E-state index contributed by atoms with van der Waals surface area (Å²) < 4.78 is 6.78. The topological polar surface area (TPSA) is 16.4 Å². The maximum absolute atomic E-state index is 6.78. The summed E-state index contributed by atoms with van der Waals surface area (Å²) in [6.45, 7) is 0. The Balaban J connectivity index is 1.02. The molecule has 0 radical (unpaired) electrons. The van der Waals surface area contributed by atoms with E-state index in [9.17, 15) is 0 Å². The van der Waals surface area contributed by atoms with Gasteiger partial charge in [0.1, 0.15) is 11.2 Å². The highest BCUT2D eigenvalue weighted by molar-refractivity contribution is 6.14. The summed E-state index contributed by atoms with van der Waals surface area (Å²) in [6, 6.07) is 72.4. The van der Waals surface area contributed by atoms with Crippen molar-refractivity contribution in [1.29, 1.82) is 0 Å². The number of furan rings is 1. The summed E-state index contributed by atoms with van der Waals surface area (Å²) in [6.07, 6.45) is 6.80. The molecule has 1 aliphatic rings. The summed E-state index contributed by atoms with van der Waals surface area (Å²) in [4.78, 5) is 2.39. The molecule has 11 rings (SSSR count). The maximum atomic E-state index is 6.78. The molecule has 0 bridgehead atoms. The lowest BCUT2D eigenvalue weighted by Crippen LogP contribution is -2.11. The third kappa shape index (κ3) is 5.98. The molecule has 1 aromatic heterocycles. The summed E-state index contributed by atoms with van der Waals surface area (Å²) in [5.74, 6) is 0. The number of hydrogen-bond acceptors (Lipinski definition) is 2. The highest BCUT2D eigenvalue weighted by atomic mass is 16.3. The number of aryl methyl sites for hydroxylation is 1. The van der Waals surface area contributed by atoms with Crippen molar-refractivity contribution in [2.24, 2.45) is 0 Å². The molecule has 2 heteroatoms. The Kier molecular flexibility index (Phi) is 8.33. The lowest BCUT2D eigenvalue weighted by atomic mass is 9.89. The van der Waals surface area contributed by atoms with Crippen LogP contribution in [0.25, 0.3) is 83.3 Å². The predicted molar refractivity (Wildman–Crippen MR) is 245 cm³/mol. The molecule has 0 spiro atoms. The number of fused-ring (bicyclic) bond motifs is 5. The number of anilines is 3. The van der Waals surface area contributed by atoms with Gasteiger partial charge in [-0.2, -0.15) is 0 Å². The van der Waals surface area contributed by atoms with E-state index in [-0.39, 0.29) is 0 Å². The Hall–Kier alpha value is -7.42. The summed E-state index contributed by atoms with van der Waals surface area (Å²) in [7, 11) is 0. The molecule has 0 amide bonds. The van der Waals surface area contributed by atoms with E-state index < -0.39 is 0 Å². The van der Waals surface area contributed by atoms with Gasteiger partial charge in [0.25, 0.3) is 0 Å². The third-order valence-corrected chi connectivity index (χ3v) is 11.7. The second-order valence-electron chi connectivity index (χ2n) is 15.2. The van der Waals surface area contributed by atoms with Gasteiger partial charge < -0.3 is 9.32 Å². The number of rotatable bonds is 7. The van der Waals surface area contributed by atoms with Gasteiger partial charge >= 0.3 is 0 Å². The largest absolute Gasteiger partial charge is 0.455 e. The van der Waals surface area contributed by atoms with Crippen LogP contribution in [0, 0.1) is 0 Å². The molecule has 0 saturated carbocycles. The predicted octanol–water partition coefficient (Wildman–Crippen LogP) is 15.8. The average molecular weight is 742 g/mol. The van der Waals surface area contributed by atoms with Crippen LogP contribution in [0.15, 0.2) is 211 Å². The number of nitrogens with zero attached hydrogens (tertiary/aromatic N) is 1. The Morgan fingerprint density at radius 3 is 1.90 bits per heavy atom. The second kappa shape index (κ2) is 14.3. The molecule has 0 unspecified atom stereocenters. The minimum Gasteiger partial charge on any atom is -0.455 e. The average Bonchev–Trinajstić information content (AvgIpc) is 3.66. The van der Waals surface area contributed by atoms with Crippen molar-refractivity contribution >= 4 is 55.8 Å². The van der Waals surface area contributed by atoms with Gasteiger partial charge in [0.2, 0.25) is 0 Å². The van der Waals surface area contributed by atoms with Gasteiger partial charge in [0.15, 0.2) is 0 Å². The van der Waals surface area contributed by atoms with Crippen molar-refractivity contribution < 1.29 is 4.42 Å². The fourth-order valence-corrected chi connectivity index (χ4v) is 8.84. The number of allylic oxidation sites excluding steroid dienone is 1. The van der Waals surface area contributed by atoms with Crippen molar-refractivity contribution in [2.75, 3.05) is 4.90 Å². The Morgan fingerprint density at radius 1 is 0.414 bits per heavy atom.